The van der Waals surface area contributed by atoms with Crippen LogP contribution >= 0.6 is 0 Å². The Morgan fingerprint density at radius 3 is 2.38 bits per heavy atom. The zero-order valence-electron chi connectivity index (χ0n) is 15.9. The molecule has 0 unspecified atom stereocenters. The molecule has 146 valence electrons. The molecule has 3 N–H and O–H groups in total. The predicted octanol–water partition coefficient (Wildman–Crippen LogP) is 4.48. The van der Waals surface area contributed by atoms with Crippen LogP contribution in [0.15, 0.2) is 78.9 Å². The smallest absolute Gasteiger partial charge is 0.404 e. The number of amides is 2. The Kier molecular flexibility index (Phi) is 5.29. The van der Waals surface area contributed by atoms with Gasteiger partial charge in [-0.05, 0) is 53.8 Å². The van der Waals surface area contributed by atoms with E-state index in [1.165, 1.54) is 5.56 Å². The number of anilines is 1. The van der Waals surface area contributed by atoms with Gasteiger partial charge in [-0.15, -0.1) is 0 Å². The monoisotopic (exact) mass is 386 g/mol. The van der Waals surface area contributed by atoms with E-state index in [1.807, 2.05) is 66.7 Å². The number of carbonyl (C=O) groups is 2. The third-order valence-electron chi connectivity index (χ3n) is 5.04. The largest absolute Gasteiger partial charge is 0.446 e. The van der Waals surface area contributed by atoms with Crippen LogP contribution in [0.25, 0.3) is 0 Å². The number of primary amides is 1. The molecule has 5 heteroatoms. The van der Waals surface area contributed by atoms with Crippen molar-refractivity contribution < 1.29 is 14.3 Å². The van der Waals surface area contributed by atoms with E-state index in [9.17, 15) is 9.59 Å². The number of carbonyl (C=O) groups excluding carboxylic acids is 2. The fourth-order valence-electron chi connectivity index (χ4n) is 3.47. The Balaban J connectivity index is 1.38. The van der Waals surface area contributed by atoms with Crippen LogP contribution in [0.5, 0.6) is 0 Å². The van der Waals surface area contributed by atoms with Crippen LogP contribution in [0.3, 0.4) is 0 Å². The molecule has 1 saturated carbocycles. The molecular weight excluding hydrogens is 364 g/mol. The molecule has 2 amide bonds. The van der Waals surface area contributed by atoms with E-state index in [1.54, 1.807) is 0 Å². The van der Waals surface area contributed by atoms with Crippen molar-refractivity contribution in [2.75, 3.05) is 5.32 Å². The van der Waals surface area contributed by atoms with E-state index in [0.29, 0.717) is 5.56 Å². The summed E-state index contributed by atoms with van der Waals surface area (Å²) in [5.74, 6) is 0.0379. The Bertz CT molecular complexity index is 1020. The SMILES string of the molecule is NC(=O)O[C@@H]1C[C@H]1c1ccc(NC(=O)c2cccc(Cc3ccccc3)c2)cc1. The molecule has 0 heterocycles. The molecule has 5 nitrogen and oxygen atoms in total. The van der Waals surface area contributed by atoms with Crippen molar-refractivity contribution in [1.29, 1.82) is 0 Å². The molecule has 0 radical (unpaired) electrons. The minimum atomic E-state index is -0.740. The molecule has 1 fully saturated rings. The zero-order chi connectivity index (χ0) is 20.2. The van der Waals surface area contributed by atoms with Crippen molar-refractivity contribution in [2.45, 2.75) is 24.9 Å². The topological polar surface area (TPSA) is 81.4 Å². The summed E-state index contributed by atoms with van der Waals surface area (Å²) in [6.45, 7) is 0. The Morgan fingerprint density at radius 1 is 0.931 bits per heavy atom. The van der Waals surface area contributed by atoms with Crippen molar-refractivity contribution in [3.63, 3.8) is 0 Å². The van der Waals surface area contributed by atoms with Gasteiger partial charge in [0.2, 0.25) is 0 Å². The molecule has 1 aliphatic rings. The first kappa shape index (κ1) is 18.7. The molecule has 3 aromatic carbocycles. The van der Waals surface area contributed by atoms with Gasteiger partial charge in [0.05, 0.1) is 0 Å². The molecule has 2 atom stereocenters. The summed E-state index contributed by atoms with van der Waals surface area (Å²) in [6.07, 6.45) is 0.686. The third-order valence-corrected chi connectivity index (χ3v) is 5.04. The Hall–Kier alpha value is -3.60. The van der Waals surface area contributed by atoms with Crippen LogP contribution in [0.1, 0.15) is 39.4 Å². The zero-order valence-corrected chi connectivity index (χ0v) is 15.9. The highest BCUT2D eigenvalue weighted by Crippen LogP contribution is 2.43. The van der Waals surface area contributed by atoms with Gasteiger partial charge >= 0.3 is 6.09 Å². The molecule has 0 spiro atoms. The van der Waals surface area contributed by atoms with Gasteiger partial charge in [-0.3, -0.25) is 4.79 Å². The quantitative estimate of drug-likeness (QED) is 0.655. The van der Waals surface area contributed by atoms with Crippen molar-refractivity contribution in [3.8, 4) is 0 Å². The lowest BCUT2D eigenvalue weighted by Crippen LogP contribution is -2.15. The van der Waals surface area contributed by atoms with Crippen LogP contribution in [0, 0.1) is 0 Å². The summed E-state index contributed by atoms with van der Waals surface area (Å²) in [7, 11) is 0. The van der Waals surface area contributed by atoms with E-state index < -0.39 is 6.09 Å². The molecule has 29 heavy (non-hydrogen) atoms. The lowest BCUT2D eigenvalue weighted by Gasteiger charge is -2.08. The second kappa shape index (κ2) is 8.19. The van der Waals surface area contributed by atoms with Gasteiger partial charge in [-0.2, -0.15) is 0 Å². The number of hydrogen-bond donors (Lipinski definition) is 2. The second-order valence-electron chi connectivity index (χ2n) is 7.26. The number of rotatable bonds is 6. The highest BCUT2D eigenvalue weighted by Gasteiger charge is 2.41. The third kappa shape index (κ3) is 4.82. The van der Waals surface area contributed by atoms with Crippen LogP contribution in [0.4, 0.5) is 10.5 Å². The first-order valence-corrected chi connectivity index (χ1v) is 9.59. The number of ether oxygens (including phenoxy) is 1. The standard InChI is InChI=1S/C24H22N2O3/c25-24(28)29-22-15-21(22)18-9-11-20(12-10-18)26-23(27)19-8-4-7-17(14-19)13-16-5-2-1-3-6-16/h1-12,14,21-22H,13,15H2,(H2,25,28)(H,26,27)/t21-,22+/m0/s1. The summed E-state index contributed by atoms with van der Waals surface area (Å²) in [5.41, 5.74) is 9.77. The van der Waals surface area contributed by atoms with Gasteiger partial charge in [0.15, 0.2) is 0 Å². The molecular formula is C24H22N2O3. The summed E-state index contributed by atoms with van der Waals surface area (Å²) >= 11 is 0. The molecule has 0 aromatic heterocycles. The maximum Gasteiger partial charge on any atom is 0.404 e. The molecule has 0 aliphatic heterocycles. The summed E-state index contributed by atoms with van der Waals surface area (Å²) in [5, 5.41) is 2.93. The lowest BCUT2D eigenvalue weighted by atomic mass is 10.0. The fraction of sp³-hybridized carbons (Fsp3) is 0.167. The van der Waals surface area contributed by atoms with Crippen molar-refractivity contribution >= 4 is 17.7 Å². The Labute approximate surface area is 169 Å². The summed E-state index contributed by atoms with van der Waals surface area (Å²) in [4.78, 5) is 23.5. The van der Waals surface area contributed by atoms with E-state index in [0.717, 1.165) is 29.7 Å². The summed E-state index contributed by atoms with van der Waals surface area (Å²) in [6, 6.07) is 25.4. The first-order chi connectivity index (χ1) is 14.1. The average Bonchev–Trinajstić information content (AvgIpc) is 3.48. The molecule has 3 aromatic rings. The summed E-state index contributed by atoms with van der Waals surface area (Å²) < 4.78 is 5.00. The second-order valence-corrected chi connectivity index (χ2v) is 7.26. The average molecular weight is 386 g/mol. The van der Waals surface area contributed by atoms with Crippen molar-refractivity contribution in [3.05, 3.63) is 101 Å². The predicted molar refractivity (Wildman–Crippen MR) is 112 cm³/mol. The first-order valence-electron chi connectivity index (χ1n) is 9.59. The van der Waals surface area contributed by atoms with E-state index in [4.69, 9.17) is 10.5 Å². The van der Waals surface area contributed by atoms with Gasteiger partial charge in [0.1, 0.15) is 6.10 Å². The normalized spacial score (nSPS) is 17.4. The van der Waals surface area contributed by atoms with Gasteiger partial charge in [-0.1, -0.05) is 54.6 Å². The molecule has 4 rings (SSSR count). The highest BCUT2D eigenvalue weighted by atomic mass is 16.6. The van der Waals surface area contributed by atoms with E-state index in [-0.39, 0.29) is 17.9 Å². The minimum Gasteiger partial charge on any atom is -0.446 e. The maximum atomic E-state index is 12.6. The van der Waals surface area contributed by atoms with E-state index in [2.05, 4.69) is 17.4 Å². The molecule has 0 saturated heterocycles. The lowest BCUT2D eigenvalue weighted by molar-refractivity contribution is 0.102. The number of nitrogens with one attached hydrogen (secondary N) is 1. The molecule has 1 aliphatic carbocycles. The van der Waals surface area contributed by atoms with Crippen molar-refractivity contribution in [1.82, 2.24) is 0 Å². The van der Waals surface area contributed by atoms with Crippen LogP contribution in [-0.4, -0.2) is 18.1 Å². The van der Waals surface area contributed by atoms with Gasteiger partial charge in [0.25, 0.3) is 5.91 Å². The van der Waals surface area contributed by atoms with Crippen LogP contribution in [-0.2, 0) is 11.2 Å². The Morgan fingerprint density at radius 2 is 1.66 bits per heavy atom. The van der Waals surface area contributed by atoms with Crippen LogP contribution in [0.2, 0.25) is 0 Å². The van der Waals surface area contributed by atoms with Gasteiger partial charge in [0, 0.05) is 17.2 Å². The van der Waals surface area contributed by atoms with Gasteiger partial charge in [-0.25, -0.2) is 4.79 Å². The minimum absolute atomic E-state index is 0.139. The highest BCUT2D eigenvalue weighted by molar-refractivity contribution is 6.04. The number of hydrogen-bond acceptors (Lipinski definition) is 3. The molecule has 0 bridgehead atoms. The van der Waals surface area contributed by atoms with Crippen LogP contribution < -0.4 is 11.1 Å². The van der Waals surface area contributed by atoms with E-state index >= 15 is 0 Å². The van der Waals surface area contributed by atoms with Gasteiger partial charge < -0.3 is 15.8 Å². The number of benzene rings is 3. The number of nitrogens with two attached hydrogens (primary N) is 1. The van der Waals surface area contributed by atoms with Crippen molar-refractivity contribution in [2.24, 2.45) is 5.73 Å². The fourth-order valence-corrected chi connectivity index (χ4v) is 3.47. The maximum absolute atomic E-state index is 12.6.